The summed E-state index contributed by atoms with van der Waals surface area (Å²) in [7, 11) is 3.41. The van der Waals surface area contributed by atoms with Crippen LogP contribution >= 0.6 is 11.8 Å². The van der Waals surface area contributed by atoms with E-state index < -0.39 is 0 Å². The van der Waals surface area contributed by atoms with Crippen molar-refractivity contribution in [2.45, 2.75) is 24.5 Å². The summed E-state index contributed by atoms with van der Waals surface area (Å²) in [6.07, 6.45) is 2.51. The fourth-order valence-corrected chi connectivity index (χ4v) is 3.27. The summed E-state index contributed by atoms with van der Waals surface area (Å²) in [6.45, 7) is 3.16. The van der Waals surface area contributed by atoms with E-state index in [4.69, 9.17) is 0 Å². The molecular weight excluding hydrogens is 260 g/mol. The Kier molecular flexibility index (Phi) is 4.29. The smallest absolute Gasteiger partial charge is 0.273 e. The second-order valence-corrected chi connectivity index (χ2v) is 6.94. The summed E-state index contributed by atoms with van der Waals surface area (Å²) >= 11 is 2.00. The lowest BCUT2D eigenvalue weighted by molar-refractivity contribution is 0.0821. The Morgan fingerprint density at radius 1 is 1.47 bits per heavy atom. The molecule has 1 atom stereocenters. The maximum absolute atomic E-state index is 11.7. The first-order chi connectivity index (χ1) is 9.00. The zero-order valence-corrected chi connectivity index (χ0v) is 12.5. The topological polar surface area (TPSA) is 58.1 Å². The molecule has 2 rings (SSSR count). The van der Waals surface area contributed by atoms with Gasteiger partial charge >= 0.3 is 0 Å². The third-order valence-corrected chi connectivity index (χ3v) is 4.77. The van der Waals surface area contributed by atoms with E-state index in [0.29, 0.717) is 10.4 Å². The number of carbonyl (C=O) groups excluding carboxylic acids is 1. The molecule has 104 valence electrons. The number of hydrogen-bond donors (Lipinski definition) is 1. The van der Waals surface area contributed by atoms with E-state index in [1.807, 2.05) is 17.8 Å². The molecule has 0 radical (unpaired) electrons. The predicted molar refractivity (Wildman–Crippen MR) is 78.6 cm³/mol. The summed E-state index contributed by atoms with van der Waals surface area (Å²) < 4.78 is 0.291. The van der Waals surface area contributed by atoms with Crippen molar-refractivity contribution >= 4 is 23.5 Å². The van der Waals surface area contributed by atoms with Crippen molar-refractivity contribution in [2.24, 2.45) is 0 Å². The Bertz CT molecular complexity index is 440. The van der Waals surface area contributed by atoms with Gasteiger partial charge in [0.15, 0.2) is 5.69 Å². The van der Waals surface area contributed by atoms with Crippen LogP contribution in [0.5, 0.6) is 0 Å². The number of thioether (sulfide) groups is 1. The number of anilines is 1. The Morgan fingerprint density at radius 3 is 2.79 bits per heavy atom. The number of aromatic nitrogens is 2. The minimum Gasteiger partial charge on any atom is -0.367 e. The Hall–Kier alpha value is -1.30. The first-order valence-electron chi connectivity index (χ1n) is 6.43. The highest BCUT2D eigenvalue weighted by molar-refractivity contribution is 8.00. The fraction of sp³-hybridized carbons (Fsp3) is 0.615. The lowest BCUT2D eigenvalue weighted by Gasteiger charge is -2.23. The lowest BCUT2D eigenvalue weighted by atomic mass is 10.1. The molecule has 0 aromatic carbocycles. The number of carbonyl (C=O) groups is 1. The highest BCUT2D eigenvalue weighted by Gasteiger charge is 2.29. The normalized spacial score (nSPS) is 22.3. The van der Waals surface area contributed by atoms with Crippen LogP contribution in [0.3, 0.4) is 0 Å². The molecule has 1 unspecified atom stereocenters. The SMILES string of the molecule is CN(C)C(=O)c1ccc(NCC2(C)CCCS2)nn1. The fourth-order valence-electron chi connectivity index (χ4n) is 2.02. The average Bonchev–Trinajstić information content (AvgIpc) is 2.83. The van der Waals surface area contributed by atoms with Crippen molar-refractivity contribution < 1.29 is 4.79 Å². The van der Waals surface area contributed by atoms with Gasteiger partial charge in [-0.05, 0) is 37.7 Å². The zero-order valence-electron chi connectivity index (χ0n) is 11.6. The monoisotopic (exact) mass is 280 g/mol. The number of nitrogens with one attached hydrogen (secondary N) is 1. The molecule has 0 bridgehead atoms. The Balaban J connectivity index is 1.93. The molecule has 2 heterocycles. The summed E-state index contributed by atoms with van der Waals surface area (Å²) in [5, 5.41) is 11.3. The van der Waals surface area contributed by atoms with Crippen molar-refractivity contribution in [1.29, 1.82) is 0 Å². The van der Waals surface area contributed by atoms with Gasteiger partial charge in [0.05, 0.1) is 0 Å². The zero-order chi connectivity index (χ0) is 13.9. The molecule has 1 fully saturated rings. The number of rotatable bonds is 4. The van der Waals surface area contributed by atoms with Crippen LogP contribution in [0.25, 0.3) is 0 Å². The molecule has 0 aliphatic carbocycles. The van der Waals surface area contributed by atoms with Gasteiger partial charge in [0.1, 0.15) is 5.82 Å². The first-order valence-corrected chi connectivity index (χ1v) is 7.42. The van der Waals surface area contributed by atoms with Crippen molar-refractivity contribution in [3.8, 4) is 0 Å². The molecule has 1 aromatic heterocycles. The molecule has 1 N–H and O–H groups in total. The highest BCUT2D eigenvalue weighted by Crippen LogP contribution is 2.37. The summed E-state index contributed by atoms with van der Waals surface area (Å²) in [6, 6.07) is 3.52. The van der Waals surface area contributed by atoms with Gasteiger partial charge in [0.25, 0.3) is 5.91 Å². The standard InChI is InChI=1S/C13H20N4OS/c1-13(7-4-8-19-13)9-14-11-6-5-10(15-16-11)12(18)17(2)3/h5-6H,4,7-9H2,1-3H3,(H,14,16). The van der Waals surface area contributed by atoms with Gasteiger partial charge in [-0.3, -0.25) is 4.79 Å². The number of amides is 1. The molecule has 1 aromatic rings. The summed E-state index contributed by atoms with van der Waals surface area (Å²) in [5.74, 6) is 1.83. The van der Waals surface area contributed by atoms with E-state index in [-0.39, 0.29) is 5.91 Å². The molecular formula is C13H20N4OS. The van der Waals surface area contributed by atoms with Crippen molar-refractivity contribution in [3.05, 3.63) is 17.8 Å². The van der Waals surface area contributed by atoms with E-state index in [1.165, 1.54) is 23.5 Å². The average molecular weight is 280 g/mol. The van der Waals surface area contributed by atoms with Gasteiger partial charge in [-0.15, -0.1) is 10.2 Å². The van der Waals surface area contributed by atoms with Gasteiger partial charge in [-0.1, -0.05) is 0 Å². The number of hydrogen-bond acceptors (Lipinski definition) is 5. The maximum atomic E-state index is 11.7. The van der Waals surface area contributed by atoms with Gasteiger partial charge in [0, 0.05) is 25.4 Å². The molecule has 1 aliphatic heterocycles. The van der Waals surface area contributed by atoms with Crippen molar-refractivity contribution in [3.63, 3.8) is 0 Å². The Labute approximate surface area is 118 Å². The van der Waals surface area contributed by atoms with Crippen LogP contribution in [0.4, 0.5) is 5.82 Å². The van der Waals surface area contributed by atoms with Crippen LogP contribution in [-0.2, 0) is 0 Å². The molecule has 1 aliphatic rings. The quantitative estimate of drug-likeness (QED) is 0.912. The minimum absolute atomic E-state index is 0.127. The van der Waals surface area contributed by atoms with Gasteiger partial charge in [-0.2, -0.15) is 11.8 Å². The molecule has 1 amide bonds. The molecule has 0 saturated carbocycles. The second kappa shape index (κ2) is 5.77. The van der Waals surface area contributed by atoms with Gasteiger partial charge < -0.3 is 10.2 Å². The van der Waals surface area contributed by atoms with Crippen LogP contribution in [0.2, 0.25) is 0 Å². The molecule has 1 saturated heterocycles. The molecule has 19 heavy (non-hydrogen) atoms. The third kappa shape index (κ3) is 3.59. The summed E-state index contributed by atoms with van der Waals surface area (Å²) in [5.41, 5.74) is 0.372. The maximum Gasteiger partial charge on any atom is 0.273 e. The van der Waals surface area contributed by atoms with Crippen LogP contribution in [-0.4, -0.2) is 52.1 Å². The van der Waals surface area contributed by atoms with Gasteiger partial charge in [-0.25, -0.2) is 0 Å². The lowest BCUT2D eigenvalue weighted by Crippen LogP contribution is -2.27. The minimum atomic E-state index is -0.127. The van der Waals surface area contributed by atoms with Crippen LogP contribution < -0.4 is 5.32 Å². The highest BCUT2D eigenvalue weighted by atomic mass is 32.2. The largest absolute Gasteiger partial charge is 0.367 e. The third-order valence-electron chi connectivity index (χ3n) is 3.23. The van der Waals surface area contributed by atoms with E-state index in [0.717, 1.165) is 12.4 Å². The van der Waals surface area contributed by atoms with Crippen molar-refractivity contribution in [2.75, 3.05) is 31.7 Å². The van der Waals surface area contributed by atoms with E-state index in [2.05, 4.69) is 22.4 Å². The van der Waals surface area contributed by atoms with Crippen LogP contribution in [0, 0.1) is 0 Å². The molecule has 0 spiro atoms. The Morgan fingerprint density at radius 2 is 2.26 bits per heavy atom. The van der Waals surface area contributed by atoms with Crippen molar-refractivity contribution in [1.82, 2.24) is 15.1 Å². The van der Waals surface area contributed by atoms with E-state index >= 15 is 0 Å². The number of nitrogens with zero attached hydrogens (tertiary/aromatic N) is 3. The first kappa shape index (κ1) is 14.1. The van der Waals surface area contributed by atoms with Gasteiger partial charge in [0.2, 0.25) is 0 Å². The summed E-state index contributed by atoms with van der Waals surface area (Å²) in [4.78, 5) is 13.2. The van der Waals surface area contributed by atoms with E-state index in [9.17, 15) is 4.79 Å². The van der Waals surface area contributed by atoms with Crippen LogP contribution in [0.1, 0.15) is 30.3 Å². The van der Waals surface area contributed by atoms with Crippen LogP contribution in [0.15, 0.2) is 12.1 Å². The van der Waals surface area contributed by atoms with E-state index in [1.54, 1.807) is 20.2 Å². The molecule has 5 nitrogen and oxygen atoms in total. The second-order valence-electron chi connectivity index (χ2n) is 5.26. The molecule has 6 heteroatoms. The predicted octanol–water partition coefficient (Wildman–Crippen LogP) is 1.88.